The number of hydroxylamine groups is 1. The van der Waals surface area contributed by atoms with Gasteiger partial charge < -0.3 is 4.74 Å². The number of carbonyl (C=O) groups excluding carboxylic acids is 1. The highest BCUT2D eigenvalue weighted by molar-refractivity contribution is 5.91. The molecule has 1 aromatic heterocycles. The maximum Gasteiger partial charge on any atom is 0.267 e. The van der Waals surface area contributed by atoms with Gasteiger partial charge in [-0.2, -0.15) is 0 Å². The first-order chi connectivity index (χ1) is 16.7. The predicted molar refractivity (Wildman–Crippen MR) is 132 cm³/mol. The van der Waals surface area contributed by atoms with E-state index in [9.17, 15) is 4.79 Å². The number of aromatic nitrogens is 2. The summed E-state index contributed by atoms with van der Waals surface area (Å²) in [5, 5.41) is 8.72. The van der Waals surface area contributed by atoms with E-state index in [0.717, 1.165) is 45.2 Å². The largest absolute Gasteiger partial charge is 0.457 e. The van der Waals surface area contributed by atoms with Gasteiger partial charge in [-0.3, -0.25) is 14.6 Å². The number of ether oxygens (including phenoxy) is 1. The summed E-state index contributed by atoms with van der Waals surface area (Å²) in [6.45, 7) is 0. The molecule has 34 heavy (non-hydrogen) atoms. The normalized spacial score (nSPS) is 11.1. The second-order valence-corrected chi connectivity index (χ2v) is 7.60. The minimum atomic E-state index is -0.588. The molecule has 0 radical (unpaired) electrons. The van der Waals surface area contributed by atoms with E-state index in [1.54, 1.807) is 11.6 Å². The second kappa shape index (κ2) is 9.44. The Morgan fingerprint density at radius 2 is 1.59 bits per heavy atom. The number of hydrogen-bond acceptors (Lipinski definition) is 4. The number of nitrogens with zero attached hydrogens (tertiary/aromatic N) is 2. The fourth-order valence-electron chi connectivity index (χ4n) is 3.76. The molecule has 0 saturated carbocycles. The highest BCUT2D eigenvalue weighted by atomic mass is 16.5. The lowest BCUT2D eigenvalue weighted by molar-refractivity contribution is -0.124. The molecule has 2 N–H and O–H groups in total. The number of rotatable bonds is 6. The summed E-state index contributed by atoms with van der Waals surface area (Å²) < 4.78 is 8.04. The van der Waals surface area contributed by atoms with Gasteiger partial charge in [0.1, 0.15) is 17.3 Å². The van der Waals surface area contributed by atoms with Crippen LogP contribution in [-0.4, -0.2) is 20.7 Å². The number of carbonyl (C=O) groups is 1. The third-order valence-corrected chi connectivity index (χ3v) is 5.32. The van der Waals surface area contributed by atoms with E-state index in [1.807, 2.05) is 103 Å². The van der Waals surface area contributed by atoms with Gasteiger partial charge in [-0.15, -0.1) is 0 Å². The maximum atomic E-state index is 11.4. The molecule has 0 atom stereocenters. The zero-order valence-corrected chi connectivity index (χ0v) is 18.1. The summed E-state index contributed by atoms with van der Waals surface area (Å²) >= 11 is 0. The van der Waals surface area contributed by atoms with Gasteiger partial charge in [0.15, 0.2) is 0 Å². The van der Waals surface area contributed by atoms with Crippen molar-refractivity contribution < 1.29 is 14.7 Å². The van der Waals surface area contributed by atoms with Gasteiger partial charge in [-0.05, 0) is 66.2 Å². The molecule has 5 rings (SSSR count). The standard InChI is InChI=1S/C28H21N3O3/c32-27(30-33)18-13-20-7-6-8-21(19-20)28-29-25-11-4-5-12-26(25)31(28)22-14-16-24(17-15-22)34-23-9-2-1-3-10-23/h1-19,33H,(H,30,32). The first kappa shape index (κ1) is 21.2. The molecule has 0 unspecified atom stereocenters. The molecule has 4 aromatic carbocycles. The van der Waals surface area contributed by atoms with Crippen molar-refractivity contribution in [1.29, 1.82) is 0 Å². The van der Waals surface area contributed by atoms with Crippen LogP contribution in [0.1, 0.15) is 5.56 Å². The van der Waals surface area contributed by atoms with Crippen molar-refractivity contribution in [2.75, 3.05) is 0 Å². The molecule has 6 heteroatoms. The first-order valence-corrected chi connectivity index (χ1v) is 10.7. The fourth-order valence-corrected chi connectivity index (χ4v) is 3.76. The third kappa shape index (κ3) is 4.44. The smallest absolute Gasteiger partial charge is 0.267 e. The zero-order valence-electron chi connectivity index (χ0n) is 18.1. The van der Waals surface area contributed by atoms with Crippen molar-refractivity contribution in [3.05, 3.63) is 115 Å². The Bertz CT molecular complexity index is 1470. The highest BCUT2D eigenvalue weighted by Gasteiger charge is 2.14. The molecule has 166 valence electrons. The molecular weight excluding hydrogens is 426 g/mol. The third-order valence-electron chi connectivity index (χ3n) is 5.32. The van der Waals surface area contributed by atoms with E-state index in [-0.39, 0.29) is 0 Å². The predicted octanol–water partition coefficient (Wildman–Crippen LogP) is 6.00. The quantitative estimate of drug-likeness (QED) is 0.190. The van der Waals surface area contributed by atoms with Gasteiger partial charge in [0.25, 0.3) is 5.91 Å². The van der Waals surface area contributed by atoms with Crippen LogP contribution in [0.5, 0.6) is 11.5 Å². The van der Waals surface area contributed by atoms with Crippen molar-refractivity contribution in [3.8, 4) is 28.6 Å². The molecule has 0 aliphatic rings. The highest BCUT2D eigenvalue weighted by Crippen LogP contribution is 2.31. The van der Waals surface area contributed by atoms with Crippen LogP contribution in [0.2, 0.25) is 0 Å². The second-order valence-electron chi connectivity index (χ2n) is 7.60. The summed E-state index contributed by atoms with van der Waals surface area (Å²) in [4.78, 5) is 16.3. The average molecular weight is 447 g/mol. The Labute approximate surface area is 196 Å². The SMILES string of the molecule is O=C(C=Cc1cccc(-c2nc3ccccc3n2-c2ccc(Oc3ccccc3)cc2)c1)NO. The molecule has 0 aliphatic carbocycles. The summed E-state index contributed by atoms with van der Waals surface area (Å²) in [5.41, 5.74) is 6.11. The Morgan fingerprint density at radius 3 is 2.38 bits per heavy atom. The van der Waals surface area contributed by atoms with Gasteiger partial charge in [0.05, 0.1) is 11.0 Å². The van der Waals surface area contributed by atoms with Crippen LogP contribution in [-0.2, 0) is 4.79 Å². The van der Waals surface area contributed by atoms with E-state index in [0.29, 0.717) is 0 Å². The number of nitrogens with one attached hydrogen (secondary N) is 1. The van der Waals surface area contributed by atoms with E-state index in [1.165, 1.54) is 6.08 Å². The Morgan fingerprint density at radius 1 is 0.853 bits per heavy atom. The fraction of sp³-hybridized carbons (Fsp3) is 0. The topological polar surface area (TPSA) is 76.4 Å². The van der Waals surface area contributed by atoms with E-state index < -0.39 is 5.91 Å². The van der Waals surface area contributed by atoms with Crippen LogP contribution in [0.4, 0.5) is 0 Å². The van der Waals surface area contributed by atoms with Crippen molar-refractivity contribution in [1.82, 2.24) is 15.0 Å². The lowest BCUT2D eigenvalue weighted by Gasteiger charge is -2.11. The number of hydrogen-bond donors (Lipinski definition) is 2. The summed E-state index contributed by atoms with van der Waals surface area (Å²) in [6.07, 6.45) is 2.91. The van der Waals surface area contributed by atoms with Crippen LogP contribution in [0.3, 0.4) is 0 Å². The van der Waals surface area contributed by atoms with Crippen LogP contribution in [0.15, 0.2) is 109 Å². The molecule has 0 bridgehead atoms. The maximum absolute atomic E-state index is 11.4. The van der Waals surface area contributed by atoms with Crippen LogP contribution >= 0.6 is 0 Å². The molecule has 0 saturated heterocycles. The van der Waals surface area contributed by atoms with Crippen molar-refractivity contribution in [3.63, 3.8) is 0 Å². The average Bonchev–Trinajstić information content (AvgIpc) is 3.28. The van der Waals surface area contributed by atoms with Crippen molar-refractivity contribution in [2.45, 2.75) is 0 Å². The molecule has 0 aliphatic heterocycles. The van der Waals surface area contributed by atoms with Gasteiger partial charge in [0.2, 0.25) is 0 Å². The molecule has 5 aromatic rings. The van der Waals surface area contributed by atoms with Crippen LogP contribution in [0.25, 0.3) is 34.2 Å². The summed E-state index contributed by atoms with van der Waals surface area (Å²) in [5.74, 6) is 1.72. The number of para-hydroxylation sites is 3. The lowest BCUT2D eigenvalue weighted by Crippen LogP contribution is -2.14. The molecule has 1 heterocycles. The molecule has 0 spiro atoms. The Kier molecular flexibility index (Phi) is 5.88. The molecule has 6 nitrogen and oxygen atoms in total. The van der Waals surface area contributed by atoms with E-state index in [2.05, 4.69) is 4.57 Å². The summed E-state index contributed by atoms with van der Waals surface area (Å²) in [7, 11) is 0. The molecule has 1 amide bonds. The summed E-state index contributed by atoms with van der Waals surface area (Å²) in [6, 6.07) is 33.2. The van der Waals surface area contributed by atoms with Crippen molar-refractivity contribution in [2.24, 2.45) is 0 Å². The Balaban J connectivity index is 1.55. The molecular formula is C28H21N3O3. The molecule has 0 fully saturated rings. The van der Waals surface area contributed by atoms with Crippen molar-refractivity contribution >= 4 is 23.0 Å². The van der Waals surface area contributed by atoms with E-state index in [4.69, 9.17) is 14.9 Å². The van der Waals surface area contributed by atoms with Gasteiger partial charge in [-0.25, -0.2) is 10.5 Å². The lowest BCUT2D eigenvalue weighted by atomic mass is 10.1. The number of fused-ring (bicyclic) bond motifs is 1. The van der Waals surface area contributed by atoms with Gasteiger partial charge in [0, 0.05) is 17.3 Å². The number of benzene rings is 4. The zero-order chi connectivity index (χ0) is 23.3. The van der Waals surface area contributed by atoms with Gasteiger partial charge >= 0.3 is 0 Å². The minimum absolute atomic E-state index is 0.588. The van der Waals surface area contributed by atoms with E-state index >= 15 is 0 Å². The monoisotopic (exact) mass is 447 g/mol. The minimum Gasteiger partial charge on any atom is -0.457 e. The van der Waals surface area contributed by atoms with Crippen LogP contribution < -0.4 is 10.2 Å². The Hall–Kier alpha value is -4.68. The first-order valence-electron chi connectivity index (χ1n) is 10.7. The number of imidazole rings is 1. The van der Waals surface area contributed by atoms with Gasteiger partial charge in [-0.1, -0.05) is 48.5 Å². The number of amides is 1. The van der Waals surface area contributed by atoms with Crippen LogP contribution in [0, 0.1) is 0 Å².